The first-order valence-corrected chi connectivity index (χ1v) is 9.46. The average molecular weight is 454 g/mol. The fraction of sp³-hybridized carbons (Fsp3) is 0.455. The highest BCUT2D eigenvalue weighted by Crippen LogP contribution is 2.26. The third kappa shape index (κ3) is 19.6. The second-order valence-corrected chi connectivity index (χ2v) is 6.70. The van der Waals surface area contributed by atoms with Gasteiger partial charge in [-0.3, -0.25) is 0 Å². The zero-order valence-corrected chi connectivity index (χ0v) is 17.9. The standard InChI is InChI=1S/C11H16F3NO.C11H16F3N/c1-8(5-3-4-6-10(15)16)7-9(2)11(12,13)14;1-9(6-4-3-5-7-15)8-10(2)11(12,13)14/h3,5,7,10,16H,2,4,6,15H2,1H3;4,6,8H,2-3,5,7,15H2,1H3/b5-3+,8-7-;6-4+,9-8-. The molecule has 9 heteroatoms. The van der Waals surface area contributed by atoms with Crippen molar-refractivity contribution in [2.24, 2.45) is 11.5 Å². The van der Waals surface area contributed by atoms with Crippen molar-refractivity contribution in [3.8, 4) is 0 Å². The number of aliphatic hydroxyl groups excluding tert-OH is 1. The third-order valence-electron chi connectivity index (χ3n) is 3.50. The third-order valence-corrected chi connectivity index (χ3v) is 3.50. The van der Waals surface area contributed by atoms with E-state index in [1.807, 2.05) is 6.08 Å². The number of rotatable bonds is 10. The molecule has 0 saturated carbocycles. The monoisotopic (exact) mass is 454 g/mol. The van der Waals surface area contributed by atoms with Gasteiger partial charge in [0.2, 0.25) is 0 Å². The van der Waals surface area contributed by atoms with Crippen molar-refractivity contribution in [1.82, 2.24) is 0 Å². The lowest BCUT2D eigenvalue weighted by Gasteiger charge is -2.05. The molecule has 0 aromatic rings. The molecule has 0 amide bonds. The molecule has 0 heterocycles. The van der Waals surface area contributed by atoms with E-state index in [1.54, 1.807) is 32.1 Å². The van der Waals surface area contributed by atoms with Gasteiger partial charge in [0.15, 0.2) is 0 Å². The largest absolute Gasteiger partial charge is 0.415 e. The van der Waals surface area contributed by atoms with Gasteiger partial charge in [-0.1, -0.05) is 48.6 Å². The van der Waals surface area contributed by atoms with Crippen LogP contribution in [-0.2, 0) is 0 Å². The van der Waals surface area contributed by atoms with Crippen LogP contribution in [0.25, 0.3) is 0 Å². The van der Waals surface area contributed by atoms with Gasteiger partial charge in [0.1, 0.15) is 6.23 Å². The van der Waals surface area contributed by atoms with Crippen LogP contribution < -0.4 is 11.5 Å². The molecule has 0 rings (SSSR count). The number of allylic oxidation sites excluding steroid dienone is 10. The Bertz CT molecular complexity index is 668. The van der Waals surface area contributed by atoms with Crippen molar-refractivity contribution in [3.63, 3.8) is 0 Å². The zero-order valence-electron chi connectivity index (χ0n) is 17.9. The lowest BCUT2D eigenvalue weighted by Crippen LogP contribution is -2.17. The Kier molecular flexibility index (Phi) is 15.7. The number of halogens is 6. The van der Waals surface area contributed by atoms with Gasteiger partial charge >= 0.3 is 12.4 Å². The molecule has 0 fully saturated rings. The summed E-state index contributed by atoms with van der Waals surface area (Å²) in [4.78, 5) is 0. The van der Waals surface area contributed by atoms with Crippen molar-refractivity contribution in [2.75, 3.05) is 6.54 Å². The van der Waals surface area contributed by atoms with Crippen LogP contribution in [0.4, 0.5) is 26.3 Å². The van der Waals surface area contributed by atoms with E-state index in [-0.39, 0.29) is 0 Å². The molecule has 1 unspecified atom stereocenters. The van der Waals surface area contributed by atoms with Gasteiger partial charge in [0, 0.05) is 11.1 Å². The summed E-state index contributed by atoms with van der Waals surface area (Å²) in [6, 6.07) is 0. The van der Waals surface area contributed by atoms with E-state index in [4.69, 9.17) is 16.6 Å². The second-order valence-electron chi connectivity index (χ2n) is 6.70. The quantitative estimate of drug-likeness (QED) is 0.164. The Hall–Kier alpha value is -2.10. The van der Waals surface area contributed by atoms with Crippen LogP contribution in [0.3, 0.4) is 0 Å². The average Bonchev–Trinajstić information content (AvgIpc) is 2.61. The molecule has 1 atom stereocenters. The summed E-state index contributed by atoms with van der Waals surface area (Å²) in [5.74, 6) is 0. The lowest BCUT2D eigenvalue weighted by atomic mass is 10.1. The SMILES string of the molecule is C=C(/C=C(C)\C=C\CCC(N)O)C(F)(F)F.C=C(/C=C(C)\C=C\CCCN)C(F)(F)F. The molecule has 31 heavy (non-hydrogen) atoms. The fourth-order valence-electron chi connectivity index (χ4n) is 1.85. The van der Waals surface area contributed by atoms with Crippen LogP contribution in [0.1, 0.15) is 39.5 Å². The topological polar surface area (TPSA) is 72.3 Å². The number of aliphatic hydroxyl groups is 1. The van der Waals surface area contributed by atoms with Crippen molar-refractivity contribution >= 4 is 0 Å². The number of alkyl halides is 6. The minimum Gasteiger partial charge on any atom is -0.379 e. The van der Waals surface area contributed by atoms with Gasteiger partial charge in [0.25, 0.3) is 0 Å². The van der Waals surface area contributed by atoms with Gasteiger partial charge in [-0.15, -0.1) is 0 Å². The van der Waals surface area contributed by atoms with E-state index in [0.717, 1.165) is 25.0 Å². The Balaban J connectivity index is 0. The zero-order chi connectivity index (χ0) is 24.7. The van der Waals surface area contributed by atoms with E-state index in [9.17, 15) is 26.3 Å². The highest BCUT2D eigenvalue weighted by atomic mass is 19.4. The summed E-state index contributed by atoms with van der Waals surface area (Å²) in [6.45, 7) is 9.62. The van der Waals surface area contributed by atoms with Crippen LogP contribution in [-0.4, -0.2) is 30.2 Å². The van der Waals surface area contributed by atoms with E-state index < -0.39 is 29.7 Å². The highest BCUT2D eigenvalue weighted by molar-refractivity contribution is 5.30. The summed E-state index contributed by atoms with van der Waals surface area (Å²) in [5.41, 5.74) is 9.64. The molecule has 0 radical (unpaired) electrons. The summed E-state index contributed by atoms with van der Waals surface area (Å²) in [7, 11) is 0. The van der Waals surface area contributed by atoms with Gasteiger partial charge in [-0.2, -0.15) is 26.3 Å². The van der Waals surface area contributed by atoms with Crippen LogP contribution in [0.5, 0.6) is 0 Å². The highest BCUT2D eigenvalue weighted by Gasteiger charge is 2.30. The molecular weight excluding hydrogens is 422 g/mol. The first kappa shape index (κ1) is 31.1. The van der Waals surface area contributed by atoms with E-state index in [1.165, 1.54) is 0 Å². The second kappa shape index (κ2) is 15.7. The van der Waals surface area contributed by atoms with Crippen molar-refractivity contribution in [2.45, 2.75) is 58.1 Å². The maximum atomic E-state index is 12.1. The normalized spacial score (nSPS) is 14.5. The van der Waals surface area contributed by atoms with Crippen LogP contribution in [0.15, 0.2) is 71.9 Å². The van der Waals surface area contributed by atoms with Crippen LogP contribution in [0, 0.1) is 0 Å². The number of hydrogen-bond acceptors (Lipinski definition) is 3. The predicted octanol–water partition coefficient (Wildman–Crippen LogP) is 6.01. The maximum absolute atomic E-state index is 12.1. The molecule has 178 valence electrons. The molecule has 5 N–H and O–H groups in total. The van der Waals surface area contributed by atoms with Gasteiger partial charge in [-0.25, -0.2) is 0 Å². The summed E-state index contributed by atoms with van der Waals surface area (Å²) in [5, 5.41) is 8.74. The van der Waals surface area contributed by atoms with E-state index in [2.05, 4.69) is 13.2 Å². The molecule has 0 aliphatic heterocycles. The Morgan fingerprint density at radius 2 is 1.26 bits per heavy atom. The van der Waals surface area contributed by atoms with E-state index in [0.29, 0.717) is 30.5 Å². The smallest absolute Gasteiger partial charge is 0.379 e. The molecule has 0 saturated heterocycles. The molecule has 0 aromatic carbocycles. The first-order valence-electron chi connectivity index (χ1n) is 9.46. The molecule has 0 aromatic heterocycles. The van der Waals surface area contributed by atoms with Gasteiger partial charge in [0.05, 0.1) is 0 Å². The lowest BCUT2D eigenvalue weighted by molar-refractivity contribution is -0.0887. The molecule has 0 aliphatic carbocycles. The minimum absolute atomic E-state index is 0.379. The Morgan fingerprint density at radius 3 is 1.58 bits per heavy atom. The number of nitrogens with two attached hydrogens (primary N) is 2. The van der Waals surface area contributed by atoms with Gasteiger partial charge in [-0.05, 0) is 58.2 Å². The first-order chi connectivity index (χ1) is 14.1. The Labute approximate surface area is 180 Å². The van der Waals surface area contributed by atoms with Crippen molar-refractivity contribution in [1.29, 1.82) is 0 Å². The van der Waals surface area contributed by atoms with E-state index >= 15 is 0 Å². The van der Waals surface area contributed by atoms with Crippen LogP contribution in [0.2, 0.25) is 0 Å². The number of hydrogen-bond donors (Lipinski definition) is 3. The molecule has 0 spiro atoms. The van der Waals surface area contributed by atoms with Crippen molar-refractivity contribution < 1.29 is 31.4 Å². The van der Waals surface area contributed by atoms with Gasteiger partial charge < -0.3 is 16.6 Å². The molecule has 3 nitrogen and oxygen atoms in total. The molecular formula is C22H32F6N2O. The summed E-state index contributed by atoms with van der Waals surface area (Å²) >= 11 is 0. The van der Waals surface area contributed by atoms with Crippen LogP contribution >= 0.6 is 0 Å². The predicted molar refractivity (Wildman–Crippen MR) is 114 cm³/mol. The fourth-order valence-corrected chi connectivity index (χ4v) is 1.85. The molecule has 0 bridgehead atoms. The van der Waals surface area contributed by atoms with Crippen molar-refractivity contribution in [3.05, 3.63) is 71.9 Å². The minimum atomic E-state index is -4.39. The summed E-state index contributed by atoms with van der Waals surface area (Å²) in [6.07, 6.45) is 1.54. The number of unbranched alkanes of at least 4 members (excludes halogenated alkanes) is 1. The maximum Gasteiger partial charge on any atom is 0.415 e. The Morgan fingerprint density at radius 1 is 0.871 bits per heavy atom. The molecule has 0 aliphatic rings. The summed E-state index contributed by atoms with van der Waals surface area (Å²) < 4.78 is 72.5.